The number of carboxylic acids is 1. The Hall–Kier alpha value is -0.970. The van der Waals surface area contributed by atoms with Gasteiger partial charge in [-0.15, -0.1) is 11.8 Å². The Morgan fingerprint density at radius 2 is 2.24 bits per heavy atom. The number of carboxylic acid groups (broad SMARTS) is 1. The molecule has 94 valence electrons. The number of hydrogen-bond acceptors (Lipinski definition) is 4. The van der Waals surface area contributed by atoms with Gasteiger partial charge in [-0.3, -0.25) is 9.59 Å². The van der Waals surface area contributed by atoms with Gasteiger partial charge in [0.25, 0.3) is 0 Å². The first-order valence-corrected chi connectivity index (χ1v) is 6.67. The van der Waals surface area contributed by atoms with Crippen molar-refractivity contribution < 1.29 is 19.4 Å². The second kappa shape index (κ2) is 4.37. The molecular weight excluding hydrogens is 240 g/mol. The first-order valence-electron chi connectivity index (χ1n) is 5.68. The number of aliphatic carboxylic acids is 1. The number of allylic oxidation sites excluding steroid dienone is 2. The van der Waals surface area contributed by atoms with Crippen molar-refractivity contribution in [3.05, 3.63) is 10.5 Å². The highest BCUT2D eigenvalue weighted by molar-refractivity contribution is 8.03. The minimum absolute atomic E-state index is 0.189. The lowest BCUT2D eigenvalue weighted by molar-refractivity contribution is -0.171. The number of hydrogen-bond donors (Lipinski definition) is 1. The Labute approximate surface area is 104 Å². The van der Waals surface area contributed by atoms with Crippen LogP contribution in [0.15, 0.2) is 10.5 Å². The largest absolute Gasteiger partial charge is 0.480 e. The number of ether oxygens (including phenoxy) is 1. The summed E-state index contributed by atoms with van der Waals surface area (Å²) in [5.41, 5.74) is -0.120. The van der Waals surface area contributed by atoms with Crippen LogP contribution in [0, 0.1) is 11.3 Å². The number of thioether (sulfide) groups is 1. The topological polar surface area (TPSA) is 63.6 Å². The molecule has 2 unspecified atom stereocenters. The first-order chi connectivity index (χ1) is 8.04. The molecule has 4 nitrogen and oxygen atoms in total. The number of methoxy groups -OCH3 is 1. The van der Waals surface area contributed by atoms with Crippen LogP contribution in [0.1, 0.15) is 26.2 Å². The molecule has 5 heteroatoms. The quantitative estimate of drug-likeness (QED) is 0.605. The van der Waals surface area contributed by atoms with Gasteiger partial charge in [-0.2, -0.15) is 0 Å². The number of carbonyl (C=O) groups is 2. The van der Waals surface area contributed by atoms with E-state index in [9.17, 15) is 14.7 Å². The predicted octanol–water partition coefficient (Wildman–Crippen LogP) is 2.05. The van der Waals surface area contributed by atoms with E-state index in [0.29, 0.717) is 12.8 Å². The smallest absolute Gasteiger partial charge is 0.323 e. The predicted molar refractivity (Wildman–Crippen MR) is 64.6 cm³/mol. The van der Waals surface area contributed by atoms with Crippen molar-refractivity contribution in [2.45, 2.75) is 26.2 Å². The molecule has 1 heterocycles. The zero-order valence-corrected chi connectivity index (χ0v) is 10.8. The fourth-order valence-corrected chi connectivity index (χ4v) is 4.30. The summed E-state index contributed by atoms with van der Waals surface area (Å²) in [6.07, 6.45) is 1.77. The van der Waals surface area contributed by atoms with Crippen LogP contribution in [0.2, 0.25) is 0 Å². The molecule has 1 N–H and O–H groups in total. The summed E-state index contributed by atoms with van der Waals surface area (Å²) in [7, 11) is 1.26. The summed E-state index contributed by atoms with van der Waals surface area (Å²) in [5, 5.41) is 9.49. The third kappa shape index (κ3) is 1.68. The molecule has 1 fully saturated rings. The highest BCUT2D eigenvalue weighted by atomic mass is 32.2. The molecule has 1 aliphatic carbocycles. The van der Waals surface area contributed by atoms with Gasteiger partial charge in [0.15, 0.2) is 5.41 Å². The van der Waals surface area contributed by atoms with Gasteiger partial charge in [0.05, 0.1) is 7.11 Å². The van der Waals surface area contributed by atoms with E-state index in [-0.39, 0.29) is 5.92 Å². The van der Waals surface area contributed by atoms with E-state index in [0.717, 1.165) is 17.1 Å². The third-order valence-corrected chi connectivity index (χ3v) is 5.21. The number of carbonyl (C=O) groups excluding carboxylic acids is 1. The molecule has 0 aromatic heterocycles. The van der Waals surface area contributed by atoms with Crippen molar-refractivity contribution in [3.8, 4) is 0 Å². The van der Waals surface area contributed by atoms with Gasteiger partial charge in [0.2, 0.25) is 0 Å². The SMILES string of the molecule is COC(=O)C1(C(=O)O)CCC(C)=C2SCCC21. The van der Waals surface area contributed by atoms with E-state index in [1.165, 1.54) is 12.7 Å². The monoisotopic (exact) mass is 256 g/mol. The Morgan fingerprint density at radius 3 is 2.82 bits per heavy atom. The van der Waals surface area contributed by atoms with Crippen LogP contribution >= 0.6 is 11.8 Å². The molecular formula is C12H16O4S. The summed E-state index contributed by atoms with van der Waals surface area (Å²) in [6, 6.07) is 0. The van der Waals surface area contributed by atoms with Crippen molar-refractivity contribution in [1.82, 2.24) is 0 Å². The van der Waals surface area contributed by atoms with Crippen LogP contribution < -0.4 is 0 Å². The molecule has 0 aromatic carbocycles. The lowest BCUT2D eigenvalue weighted by Crippen LogP contribution is -2.47. The Balaban J connectivity index is 2.49. The maximum Gasteiger partial charge on any atom is 0.323 e. The maximum absolute atomic E-state index is 11.9. The van der Waals surface area contributed by atoms with E-state index in [1.54, 1.807) is 11.8 Å². The van der Waals surface area contributed by atoms with E-state index >= 15 is 0 Å². The zero-order chi connectivity index (χ0) is 12.6. The van der Waals surface area contributed by atoms with Crippen LogP contribution in [0.5, 0.6) is 0 Å². The lowest BCUT2D eigenvalue weighted by Gasteiger charge is -2.37. The minimum Gasteiger partial charge on any atom is -0.480 e. The number of esters is 1. The summed E-state index contributed by atoms with van der Waals surface area (Å²) in [6.45, 7) is 2.03. The van der Waals surface area contributed by atoms with Crippen LogP contribution in [0.4, 0.5) is 0 Å². The van der Waals surface area contributed by atoms with Gasteiger partial charge in [0.1, 0.15) is 0 Å². The van der Waals surface area contributed by atoms with Gasteiger partial charge in [0, 0.05) is 5.92 Å². The number of fused-ring (bicyclic) bond motifs is 1. The molecule has 2 atom stereocenters. The fraction of sp³-hybridized carbons (Fsp3) is 0.667. The van der Waals surface area contributed by atoms with Gasteiger partial charge in [-0.1, -0.05) is 5.57 Å². The van der Waals surface area contributed by atoms with E-state index < -0.39 is 17.4 Å². The van der Waals surface area contributed by atoms with Crippen molar-refractivity contribution in [3.63, 3.8) is 0 Å². The third-order valence-electron chi connectivity index (χ3n) is 3.82. The van der Waals surface area contributed by atoms with Crippen LogP contribution in [-0.4, -0.2) is 29.9 Å². The van der Waals surface area contributed by atoms with Crippen LogP contribution in [0.25, 0.3) is 0 Å². The van der Waals surface area contributed by atoms with Gasteiger partial charge in [-0.05, 0) is 36.8 Å². The summed E-state index contributed by atoms with van der Waals surface area (Å²) in [5.74, 6) is -0.931. The molecule has 0 radical (unpaired) electrons. The average Bonchev–Trinajstić information content (AvgIpc) is 2.78. The molecule has 17 heavy (non-hydrogen) atoms. The summed E-state index contributed by atoms with van der Waals surface area (Å²) >= 11 is 1.69. The summed E-state index contributed by atoms with van der Waals surface area (Å²) in [4.78, 5) is 24.6. The zero-order valence-electron chi connectivity index (χ0n) is 9.99. The second-order valence-electron chi connectivity index (χ2n) is 4.60. The maximum atomic E-state index is 11.9. The Bertz CT molecular complexity index is 401. The Morgan fingerprint density at radius 1 is 1.53 bits per heavy atom. The highest BCUT2D eigenvalue weighted by Gasteiger charge is 2.57. The molecule has 0 amide bonds. The molecule has 0 bridgehead atoms. The average molecular weight is 256 g/mol. The van der Waals surface area contributed by atoms with Crippen molar-refractivity contribution in [2.24, 2.45) is 11.3 Å². The molecule has 1 aliphatic heterocycles. The van der Waals surface area contributed by atoms with E-state index in [4.69, 9.17) is 4.74 Å². The fourth-order valence-electron chi connectivity index (χ4n) is 2.86. The van der Waals surface area contributed by atoms with E-state index in [2.05, 4.69) is 0 Å². The van der Waals surface area contributed by atoms with E-state index in [1.807, 2.05) is 6.92 Å². The van der Waals surface area contributed by atoms with Crippen LogP contribution in [0.3, 0.4) is 0 Å². The molecule has 0 saturated carbocycles. The molecule has 1 saturated heterocycles. The van der Waals surface area contributed by atoms with Crippen molar-refractivity contribution in [2.75, 3.05) is 12.9 Å². The normalized spacial score (nSPS) is 32.2. The molecule has 0 aromatic rings. The van der Waals surface area contributed by atoms with Crippen molar-refractivity contribution in [1.29, 1.82) is 0 Å². The van der Waals surface area contributed by atoms with Gasteiger partial charge >= 0.3 is 11.9 Å². The standard InChI is InChI=1S/C12H16O4S/c1-7-3-5-12(10(13)14,11(15)16-2)8-4-6-17-9(7)8/h8H,3-6H2,1-2H3,(H,13,14). The lowest BCUT2D eigenvalue weighted by atomic mass is 9.66. The highest BCUT2D eigenvalue weighted by Crippen LogP contribution is 2.54. The van der Waals surface area contributed by atoms with Crippen molar-refractivity contribution >= 4 is 23.7 Å². The van der Waals surface area contributed by atoms with Gasteiger partial charge < -0.3 is 9.84 Å². The summed E-state index contributed by atoms with van der Waals surface area (Å²) < 4.78 is 4.75. The Kier molecular flexibility index (Phi) is 3.21. The molecule has 2 aliphatic rings. The minimum atomic E-state index is -1.35. The van der Waals surface area contributed by atoms with Crippen LogP contribution in [-0.2, 0) is 14.3 Å². The number of rotatable bonds is 2. The molecule has 2 rings (SSSR count). The first kappa shape index (κ1) is 12.5. The second-order valence-corrected chi connectivity index (χ2v) is 5.74. The van der Waals surface area contributed by atoms with Gasteiger partial charge in [-0.25, -0.2) is 0 Å². The molecule has 0 spiro atoms.